The lowest BCUT2D eigenvalue weighted by atomic mass is 9.94. The number of hydrogen-bond acceptors (Lipinski definition) is 4. The monoisotopic (exact) mass is 357 g/mol. The minimum atomic E-state index is -0.0737. The van der Waals surface area contributed by atoms with Crippen LogP contribution in [0.1, 0.15) is 32.6 Å². The maximum absolute atomic E-state index is 11.9. The lowest BCUT2D eigenvalue weighted by Crippen LogP contribution is -2.57. The molecular weight excluding hydrogens is 329 g/mol. The second-order valence-electron chi connectivity index (χ2n) is 5.89. The summed E-state index contributed by atoms with van der Waals surface area (Å²) in [5, 5.41) is 3.15. The summed E-state index contributed by atoms with van der Waals surface area (Å²) in [6.45, 7) is 5.48. The van der Waals surface area contributed by atoms with Gasteiger partial charge in [0.1, 0.15) is 0 Å². The van der Waals surface area contributed by atoms with Crippen molar-refractivity contribution in [2.24, 2.45) is 11.7 Å². The summed E-state index contributed by atoms with van der Waals surface area (Å²) < 4.78 is 0. The number of hydrogen-bond donors (Lipinski definition) is 2. The van der Waals surface area contributed by atoms with Crippen molar-refractivity contribution >= 4 is 42.5 Å². The van der Waals surface area contributed by atoms with Gasteiger partial charge in [-0.2, -0.15) is 11.8 Å². The summed E-state index contributed by atoms with van der Waals surface area (Å²) in [7, 11) is 0. The summed E-state index contributed by atoms with van der Waals surface area (Å²) in [5.41, 5.74) is 5.79. The Morgan fingerprint density at radius 2 is 1.86 bits per heavy atom. The zero-order valence-electron chi connectivity index (χ0n) is 12.8. The van der Waals surface area contributed by atoms with Crippen molar-refractivity contribution in [3.05, 3.63) is 0 Å². The number of carbonyl (C=O) groups is 1. The van der Waals surface area contributed by atoms with Gasteiger partial charge in [-0.15, -0.1) is 24.8 Å². The van der Waals surface area contributed by atoms with Crippen LogP contribution in [0.5, 0.6) is 0 Å². The van der Waals surface area contributed by atoms with Crippen molar-refractivity contribution in [1.82, 2.24) is 10.2 Å². The molecule has 0 radical (unpaired) electrons. The number of carbonyl (C=O) groups excluding carboxylic acids is 1. The summed E-state index contributed by atoms with van der Waals surface area (Å²) in [4.78, 5) is 14.6. The van der Waals surface area contributed by atoms with E-state index in [4.69, 9.17) is 5.73 Å². The molecule has 1 aliphatic heterocycles. The van der Waals surface area contributed by atoms with Gasteiger partial charge >= 0.3 is 0 Å². The van der Waals surface area contributed by atoms with Crippen LogP contribution in [-0.2, 0) is 4.79 Å². The Balaban J connectivity index is 0.00000200. The number of amides is 1. The second kappa shape index (κ2) is 10.2. The standard InChI is InChI=1S/C14H27N3OS.2ClH/c1-12(10-15)13(18)16-11-14(4-2-3-5-14)17-6-8-19-9-7-17;;/h12H,2-11,15H2,1H3,(H,16,18);2*1H. The van der Waals surface area contributed by atoms with Crippen LogP contribution in [0, 0.1) is 5.92 Å². The summed E-state index contributed by atoms with van der Waals surface area (Å²) in [6, 6.07) is 0. The third kappa shape index (κ3) is 5.47. The molecule has 0 aromatic rings. The van der Waals surface area contributed by atoms with Crippen molar-refractivity contribution in [2.75, 3.05) is 37.7 Å². The molecule has 4 nitrogen and oxygen atoms in total. The average Bonchev–Trinajstić information content (AvgIpc) is 2.95. The smallest absolute Gasteiger partial charge is 0.224 e. The van der Waals surface area contributed by atoms with Crippen molar-refractivity contribution in [3.63, 3.8) is 0 Å². The zero-order chi connectivity index (χ0) is 13.7. The number of thioether (sulfide) groups is 1. The highest BCUT2D eigenvalue weighted by Crippen LogP contribution is 2.36. The van der Waals surface area contributed by atoms with E-state index >= 15 is 0 Å². The molecule has 21 heavy (non-hydrogen) atoms. The molecule has 1 unspecified atom stereocenters. The summed E-state index contributed by atoms with van der Waals surface area (Å²) >= 11 is 2.04. The van der Waals surface area contributed by atoms with E-state index in [2.05, 4.69) is 10.2 Å². The molecule has 1 heterocycles. The first-order valence-electron chi connectivity index (χ1n) is 7.48. The largest absolute Gasteiger partial charge is 0.354 e. The van der Waals surface area contributed by atoms with Crippen molar-refractivity contribution in [2.45, 2.75) is 38.1 Å². The number of nitrogens with one attached hydrogen (secondary N) is 1. The van der Waals surface area contributed by atoms with Crippen LogP contribution < -0.4 is 11.1 Å². The fourth-order valence-corrected chi connectivity index (χ4v) is 4.11. The highest BCUT2D eigenvalue weighted by atomic mass is 35.5. The predicted molar refractivity (Wildman–Crippen MR) is 95.8 cm³/mol. The molecule has 3 N–H and O–H groups in total. The van der Waals surface area contributed by atoms with Gasteiger partial charge in [0.25, 0.3) is 0 Å². The molecule has 1 saturated carbocycles. The molecule has 1 aliphatic carbocycles. The molecule has 0 aromatic heterocycles. The van der Waals surface area contributed by atoms with E-state index in [0.717, 1.165) is 6.54 Å². The Bertz CT molecular complexity index is 309. The van der Waals surface area contributed by atoms with Gasteiger partial charge < -0.3 is 11.1 Å². The lowest BCUT2D eigenvalue weighted by molar-refractivity contribution is -0.124. The third-order valence-corrected chi connectivity index (χ3v) is 5.55. The molecule has 2 aliphatic rings. The highest BCUT2D eigenvalue weighted by Gasteiger charge is 2.40. The van der Waals surface area contributed by atoms with E-state index in [1.165, 1.54) is 50.3 Å². The van der Waals surface area contributed by atoms with Crippen LogP contribution in [0.15, 0.2) is 0 Å². The van der Waals surface area contributed by atoms with Crippen LogP contribution >= 0.6 is 36.6 Å². The first kappa shape index (κ1) is 21.3. The second-order valence-corrected chi connectivity index (χ2v) is 7.11. The lowest BCUT2D eigenvalue weighted by Gasteiger charge is -2.43. The number of halogens is 2. The highest BCUT2D eigenvalue weighted by molar-refractivity contribution is 7.99. The molecule has 126 valence electrons. The van der Waals surface area contributed by atoms with Gasteiger partial charge in [0.15, 0.2) is 0 Å². The number of rotatable bonds is 5. The molecule has 0 bridgehead atoms. The Hall–Kier alpha value is 0.320. The molecule has 2 rings (SSSR count). The third-order valence-electron chi connectivity index (χ3n) is 4.61. The Kier molecular flexibility index (Phi) is 10.3. The Labute approximate surface area is 145 Å². The van der Waals surface area contributed by atoms with Crippen molar-refractivity contribution in [1.29, 1.82) is 0 Å². The normalized spacial score (nSPS) is 22.8. The molecule has 2 fully saturated rings. The SMILES string of the molecule is CC(CN)C(=O)NCC1(N2CCSCC2)CCCC1.Cl.Cl. The first-order chi connectivity index (χ1) is 9.18. The molecule has 7 heteroatoms. The van der Waals surface area contributed by atoms with Gasteiger partial charge in [0.05, 0.1) is 0 Å². The molecular formula is C14H29Cl2N3OS. The molecule has 0 spiro atoms. The predicted octanol–water partition coefficient (Wildman–Crippen LogP) is 1.90. The van der Waals surface area contributed by atoms with Crippen LogP contribution in [-0.4, -0.2) is 54.0 Å². The molecule has 1 atom stereocenters. The van der Waals surface area contributed by atoms with Crippen LogP contribution in [0.25, 0.3) is 0 Å². The maximum atomic E-state index is 11.9. The van der Waals surface area contributed by atoms with Crippen molar-refractivity contribution in [3.8, 4) is 0 Å². The number of nitrogens with two attached hydrogens (primary N) is 1. The van der Waals surface area contributed by atoms with Crippen LogP contribution in [0.4, 0.5) is 0 Å². The Morgan fingerprint density at radius 1 is 1.29 bits per heavy atom. The summed E-state index contributed by atoms with van der Waals surface area (Å²) in [5.74, 6) is 2.50. The fraction of sp³-hybridized carbons (Fsp3) is 0.929. The van der Waals surface area contributed by atoms with Gasteiger partial charge in [-0.05, 0) is 12.8 Å². The Morgan fingerprint density at radius 3 is 2.38 bits per heavy atom. The maximum Gasteiger partial charge on any atom is 0.224 e. The van der Waals surface area contributed by atoms with Crippen LogP contribution in [0.3, 0.4) is 0 Å². The quantitative estimate of drug-likeness (QED) is 0.788. The van der Waals surface area contributed by atoms with Crippen LogP contribution in [0.2, 0.25) is 0 Å². The van der Waals surface area contributed by atoms with Gasteiger partial charge in [0, 0.05) is 49.1 Å². The average molecular weight is 358 g/mol. The topological polar surface area (TPSA) is 58.4 Å². The van der Waals surface area contributed by atoms with Crippen molar-refractivity contribution < 1.29 is 4.79 Å². The zero-order valence-corrected chi connectivity index (χ0v) is 15.3. The summed E-state index contributed by atoms with van der Waals surface area (Å²) in [6.07, 6.45) is 5.06. The van der Waals surface area contributed by atoms with Gasteiger partial charge in [-0.3, -0.25) is 9.69 Å². The van der Waals surface area contributed by atoms with E-state index in [9.17, 15) is 4.79 Å². The van der Waals surface area contributed by atoms with E-state index in [1.54, 1.807) is 0 Å². The molecule has 1 saturated heterocycles. The van der Waals surface area contributed by atoms with E-state index in [0.29, 0.717) is 6.54 Å². The van der Waals surface area contributed by atoms with E-state index in [-0.39, 0.29) is 42.2 Å². The van der Waals surface area contributed by atoms with E-state index < -0.39 is 0 Å². The minimum absolute atomic E-state index is 0. The van der Waals surface area contributed by atoms with E-state index in [1.807, 2.05) is 18.7 Å². The molecule has 1 amide bonds. The molecule has 0 aromatic carbocycles. The minimum Gasteiger partial charge on any atom is -0.354 e. The first-order valence-corrected chi connectivity index (χ1v) is 8.64. The number of nitrogens with zero attached hydrogens (tertiary/aromatic N) is 1. The van der Waals surface area contributed by atoms with Gasteiger partial charge in [-0.25, -0.2) is 0 Å². The van der Waals surface area contributed by atoms with Gasteiger partial charge in [0.2, 0.25) is 5.91 Å². The fourth-order valence-electron chi connectivity index (χ4n) is 3.21. The van der Waals surface area contributed by atoms with Gasteiger partial charge in [-0.1, -0.05) is 19.8 Å².